The zero-order valence-electron chi connectivity index (χ0n) is 12.7. The van der Waals surface area contributed by atoms with Gasteiger partial charge in [0.15, 0.2) is 5.78 Å². The number of carbonyl (C=O) groups is 1. The minimum absolute atomic E-state index is 0.140. The third-order valence-electron chi connectivity index (χ3n) is 4.69. The van der Waals surface area contributed by atoms with Crippen LogP contribution < -0.4 is 0 Å². The molecule has 1 heteroatoms. The van der Waals surface area contributed by atoms with Crippen molar-refractivity contribution in [1.82, 2.24) is 0 Å². The van der Waals surface area contributed by atoms with Gasteiger partial charge in [0.25, 0.3) is 0 Å². The summed E-state index contributed by atoms with van der Waals surface area (Å²) in [5, 5.41) is 0. The zero-order chi connectivity index (χ0) is 14.2. The average molecular weight is 256 g/mol. The predicted molar refractivity (Wildman–Crippen MR) is 80.5 cm³/mol. The lowest BCUT2D eigenvalue weighted by Crippen LogP contribution is -2.27. The smallest absolute Gasteiger partial charge is 0.166 e. The van der Waals surface area contributed by atoms with E-state index >= 15 is 0 Å². The van der Waals surface area contributed by atoms with Crippen molar-refractivity contribution < 1.29 is 4.79 Å². The maximum absolute atomic E-state index is 12.6. The van der Waals surface area contributed by atoms with E-state index in [2.05, 4.69) is 46.8 Å². The zero-order valence-corrected chi connectivity index (χ0v) is 12.7. The number of hydrogen-bond donors (Lipinski definition) is 0. The Morgan fingerprint density at radius 2 is 1.84 bits per heavy atom. The van der Waals surface area contributed by atoms with E-state index in [-0.39, 0.29) is 11.3 Å². The van der Waals surface area contributed by atoms with Crippen molar-refractivity contribution in [3.05, 3.63) is 46.5 Å². The summed E-state index contributed by atoms with van der Waals surface area (Å²) in [5.74, 6) is 0.445. The number of benzene rings is 1. The van der Waals surface area contributed by atoms with Gasteiger partial charge in [-0.15, -0.1) is 0 Å². The summed E-state index contributed by atoms with van der Waals surface area (Å²) in [6, 6.07) is 6.07. The fourth-order valence-electron chi connectivity index (χ4n) is 2.79. The van der Waals surface area contributed by atoms with Gasteiger partial charge in [-0.3, -0.25) is 4.79 Å². The van der Waals surface area contributed by atoms with Crippen molar-refractivity contribution in [2.75, 3.05) is 0 Å². The number of hydrogen-bond acceptors (Lipinski definition) is 1. The van der Waals surface area contributed by atoms with Gasteiger partial charge in [-0.25, -0.2) is 0 Å². The maximum Gasteiger partial charge on any atom is 0.166 e. The van der Waals surface area contributed by atoms with Gasteiger partial charge in [0.2, 0.25) is 0 Å². The Morgan fingerprint density at radius 1 is 1.16 bits per heavy atom. The van der Waals surface area contributed by atoms with Crippen LogP contribution in [0.25, 0.3) is 0 Å². The summed E-state index contributed by atoms with van der Waals surface area (Å²) in [7, 11) is 0. The Labute approximate surface area is 116 Å². The highest BCUT2D eigenvalue weighted by Gasteiger charge is 2.32. The topological polar surface area (TPSA) is 17.1 Å². The van der Waals surface area contributed by atoms with Crippen LogP contribution in [0.4, 0.5) is 0 Å². The van der Waals surface area contributed by atoms with E-state index in [1.165, 1.54) is 16.7 Å². The summed E-state index contributed by atoms with van der Waals surface area (Å²) >= 11 is 0. The molecule has 0 N–H and O–H groups in total. The van der Waals surface area contributed by atoms with E-state index in [1.807, 2.05) is 12.1 Å². The average Bonchev–Trinajstić information content (AvgIpc) is 2.35. The number of allylic oxidation sites excluding steroid dienone is 2. The first-order chi connectivity index (χ1) is 8.81. The molecule has 0 fully saturated rings. The van der Waals surface area contributed by atoms with Crippen LogP contribution in [0.1, 0.15) is 55.1 Å². The van der Waals surface area contributed by atoms with Crippen LogP contribution in [-0.2, 0) is 0 Å². The lowest BCUT2D eigenvalue weighted by atomic mass is 9.70. The number of rotatable bonds is 2. The second-order valence-electron chi connectivity index (χ2n) is 6.57. The van der Waals surface area contributed by atoms with Crippen LogP contribution in [0.3, 0.4) is 0 Å². The van der Waals surface area contributed by atoms with E-state index in [1.54, 1.807) is 0 Å². The number of ketones is 1. The summed E-state index contributed by atoms with van der Waals surface area (Å²) in [6.07, 6.45) is 4.09. The number of aryl methyl sites for hydroxylation is 2. The first-order valence-corrected chi connectivity index (χ1v) is 7.10. The van der Waals surface area contributed by atoms with Crippen LogP contribution in [0.2, 0.25) is 0 Å². The fraction of sp³-hybridized carbons (Fsp3) is 0.500. The Hall–Kier alpha value is -1.37. The summed E-state index contributed by atoms with van der Waals surface area (Å²) < 4.78 is 0. The molecule has 0 radical (unpaired) electrons. The van der Waals surface area contributed by atoms with Gasteiger partial charge in [0.05, 0.1) is 0 Å². The van der Waals surface area contributed by atoms with Gasteiger partial charge >= 0.3 is 0 Å². The molecule has 1 atom stereocenters. The first-order valence-electron chi connectivity index (χ1n) is 7.10. The summed E-state index contributed by atoms with van der Waals surface area (Å²) in [4.78, 5) is 12.6. The largest absolute Gasteiger partial charge is 0.294 e. The molecule has 0 saturated carbocycles. The van der Waals surface area contributed by atoms with Gasteiger partial charge < -0.3 is 0 Å². The lowest BCUT2D eigenvalue weighted by molar-refractivity contribution is 0.0881. The molecule has 0 aromatic heterocycles. The SMILES string of the molecule is CC1=CCC(C(=O)c2ccc(C)c(C)c2)CC1(C)C. The summed E-state index contributed by atoms with van der Waals surface area (Å²) in [5.41, 5.74) is 4.88. The Bertz CT molecular complexity index is 535. The lowest BCUT2D eigenvalue weighted by Gasteiger charge is -2.34. The molecule has 0 saturated heterocycles. The second kappa shape index (κ2) is 4.96. The summed E-state index contributed by atoms with van der Waals surface area (Å²) in [6.45, 7) is 10.8. The van der Waals surface area contributed by atoms with Crippen molar-refractivity contribution in [1.29, 1.82) is 0 Å². The molecular formula is C18H24O. The Balaban J connectivity index is 2.24. The predicted octanol–water partition coefficient (Wildman–Crippen LogP) is 4.87. The molecule has 0 heterocycles. The molecule has 0 bridgehead atoms. The van der Waals surface area contributed by atoms with Crippen LogP contribution in [0.15, 0.2) is 29.8 Å². The third-order valence-corrected chi connectivity index (χ3v) is 4.69. The van der Waals surface area contributed by atoms with E-state index < -0.39 is 0 Å². The highest BCUT2D eigenvalue weighted by molar-refractivity contribution is 5.98. The highest BCUT2D eigenvalue weighted by Crippen LogP contribution is 2.40. The van der Waals surface area contributed by atoms with Gasteiger partial charge in [-0.05, 0) is 56.2 Å². The fourth-order valence-corrected chi connectivity index (χ4v) is 2.79. The molecule has 1 unspecified atom stereocenters. The van der Waals surface area contributed by atoms with E-state index in [0.717, 1.165) is 18.4 Å². The van der Waals surface area contributed by atoms with E-state index in [4.69, 9.17) is 0 Å². The first kappa shape index (κ1) is 14.0. The van der Waals surface area contributed by atoms with Crippen molar-refractivity contribution >= 4 is 5.78 Å². The van der Waals surface area contributed by atoms with Crippen molar-refractivity contribution in [3.8, 4) is 0 Å². The standard InChI is InChI=1S/C18H24O/c1-12-6-8-15(10-13(12)2)17(19)16-9-7-14(3)18(4,5)11-16/h6-8,10,16H,9,11H2,1-5H3. The molecule has 1 aliphatic carbocycles. The molecular weight excluding hydrogens is 232 g/mol. The van der Waals surface area contributed by atoms with E-state index in [0.29, 0.717) is 5.78 Å². The normalized spacial score (nSPS) is 21.9. The maximum atomic E-state index is 12.6. The highest BCUT2D eigenvalue weighted by atomic mass is 16.1. The molecule has 1 aromatic rings. The monoisotopic (exact) mass is 256 g/mol. The molecule has 19 heavy (non-hydrogen) atoms. The molecule has 1 aromatic carbocycles. The van der Waals surface area contributed by atoms with Gasteiger partial charge in [-0.1, -0.05) is 37.6 Å². The van der Waals surface area contributed by atoms with Crippen molar-refractivity contribution in [2.24, 2.45) is 11.3 Å². The van der Waals surface area contributed by atoms with E-state index in [9.17, 15) is 4.79 Å². The van der Waals surface area contributed by atoms with Crippen LogP contribution >= 0.6 is 0 Å². The minimum atomic E-state index is 0.140. The quantitative estimate of drug-likeness (QED) is 0.545. The molecule has 0 amide bonds. The van der Waals surface area contributed by atoms with Crippen LogP contribution in [0, 0.1) is 25.2 Å². The van der Waals surface area contributed by atoms with Crippen LogP contribution in [0.5, 0.6) is 0 Å². The molecule has 2 rings (SSSR count). The molecule has 0 aliphatic heterocycles. The molecule has 102 valence electrons. The molecule has 1 aliphatic rings. The number of carbonyl (C=O) groups excluding carboxylic acids is 1. The van der Waals surface area contributed by atoms with Crippen molar-refractivity contribution in [3.63, 3.8) is 0 Å². The number of Topliss-reactive ketones (excluding diaryl/α,β-unsaturated/α-hetero) is 1. The van der Waals surface area contributed by atoms with Crippen molar-refractivity contribution in [2.45, 2.75) is 47.5 Å². The minimum Gasteiger partial charge on any atom is -0.294 e. The van der Waals surface area contributed by atoms with Gasteiger partial charge in [0.1, 0.15) is 0 Å². The molecule has 1 nitrogen and oxygen atoms in total. The molecule has 0 spiro atoms. The second-order valence-corrected chi connectivity index (χ2v) is 6.57. The Morgan fingerprint density at radius 3 is 2.42 bits per heavy atom. The third kappa shape index (κ3) is 2.80. The Kier molecular flexibility index (Phi) is 3.66. The van der Waals surface area contributed by atoms with Crippen LogP contribution in [-0.4, -0.2) is 5.78 Å². The van der Waals surface area contributed by atoms with Gasteiger partial charge in [0, 0.05) is 11.5 Å². The van der Waals surface area contributed by atoms with Gasteiger partial charge in [-0.2, -0.15) is 0 Å².